The van der Waals surface area contributed by atoms with Crippen molar-refractivity contribution in [2.75, 3.05) is 26.7 Å². The Kier molecular flexibility index (Phi) is 3.79. The Morgan fingerprint density at radius 1 is 1.24 bits per heavy atom. The Morgan fingerprint density at radius 2 is 1.95 bits per heavy atom. The molecule has 3 aliphatic rings. The summed E-state index contributed by atoms with van der Waals surface area (Å²) in [7, 11) is 2.18. The maximum absolute atomic E-state index is 11.8. The summed E-state index contributed by atoms with van der Waals surface area (Å²) < 4.78 is 0. The molecule has 2 unspecified atom stereocenters. The number of nitrogens with zero attached hydrogens (tertiary/aromatic N) is 2. The second kappa shape index (κ2) is 5.21. The molecule has 0 bridgehead atoms. The summed E-state index contributed by atoms with van der Waals surface area (Å²) in [6, 6.07) is 0.865. The maximum atomic E-state index is 11.8. The van der Waals surface area contributed by atoms with Gasteiger partial charge in [-0.05, 0) is 53.0 Å². The van der Waals surface area contributed by atoms with Crippen LogP contribution in [0.25, 0.3) is 0 Å². The highest BCUT2D eigenvalue weighted by molar-refractivity contribution is 5.79. The highest BCUT2D eigenvalue weighted by Gasteiger charge is 2.50. The van der Waals surface area contributed by atoms with Crippen LogP contribution >= 0.6 is 0 Å². The van der Waals surface area contributed by atoms with Gasteiger partial charge in [-0.15, -0.1) is 0 Å². The molecule has 3 fully saturated rings. The van der Waals surface area contributed by atoms with Crippen LogP contribution in [0.1, 0.15) is 46.0 Å². The van der Waals surface area contributed by atoms with Crippen LogP contribution in [-0.2, 0) is 4.79 Å². The first-order chi connectivity index (χ1) is 9.82. The molecule has 1 saturated heterocycles. The number of aliphatic carboxylic acids is 1. The molecule has 2 N–H and O–H groups in total. The van der Waals surface area contributed by atoms with Crippen molar-refractivity contribution in [3.63, 3.8) is 0 Å². The molecule has 0 aromatic carbocycles. The lowest BCUT2D eigenvalue weighted by atomic mass is 9.95. The van der Waals surface area contributed by atoms with Gasteiger partial charge < -0.3 is 5.11 Å². The third kappa shape index (κ3) is 2.96. The Bertz CT molecular complexity index is 422. The van der Waals surface area contributed by atoms with Crippen LogP contribution in [-0.4, -0.2) is 70.7 Å². The van der Waals surface area contributed by atoms with Gasteiger partial charge in [0, 0.05) is 37.3 Å². The van der Waals surface area contributed by atoms with Crippen molar-refractivity contribution in [1.82, 2.24) is 15.1 Å². The molecule has 120 valence electrons. The van der Waals surface area contributed by atoms with Gasteiger partial charge in [-0.3, -0.25) is 19.9 Å². The number of carbonyl (C=O) groups is 1. The summed E-state index contributed by atoms with van der Waals surface area (Å²) in [4.78, 5) is 16.7. The first kappa shape index (κ1) is 15.3. The van der Waals surface area contributed by atoms with Gasteiger partial charge in [-0.25, -0.2) is 0 Å². The molecule has 21 heavy (non-hydrogen) atoms. The Hall–Kier alpha value is -0.650. The fraction of sp³-hybridized carbons (Fsp3) is 0.938. The van der Waals surface area contributed by atoms with Gasteiger partial charge in [0.25, 0.3) is 0 Å². The first-order valence-electron chi connectivity index (χ1n) is 8.29. The van der Waals surface area contributed by atoms with Gasteiger partial charge in [0.2, 0.25) is 0 Å². The minimum absolute atomic E-state index is 0.177. The average molecular weight is 295 g/mol. The van der Waals surface area contributed by atoms with E-state index in [0.717, 1.165) is 51.7 Å². The molecule has 0 aromatic rings. The number of carboxylic acid groups (broad SMARTS) is 1. The summed E-state index contributed by atoms with van der Waals surface area (Å²) >= 11 is 0. The molecule has 0 amide bonds. The smallest absolute Gasteiger partial charge is 0.323 e. The number of hydrogen-bond acceptors (Lipinski definition) is 4. The van der Waals surface area contributed by atoms with E-state index in [9.17, 15) is 9.90 Å². The van der Waals surface area contributed by atoms with Crippen LogP contribution in [0.4, 0.5) is 0 Å². The molecule has 0 spiro atoms. The van der Waals surface area contributed by atoms with Crippen molar-refractivity contribution < 1.29 is 9.90 Å². The van der Waals surface area contributed by atoms with E-state index in [0.29, 0.717) is 12.1 Å². The van der Waals surface area contributed by atoms with Crippen LogP contribution in [0.15, 0.2) is 0 Å². The monoisotopic (exact) mass is 295 g/mol. The fourth-order valence-electron chi connectivity index (χ4n) is 3.93. The van der Waals surface area contributed by atoms with Crippen LogP contribution < -0.4 is 5.32 Å². The number of nitrogens with one attached hydrogen (secondary N) is 1. The number of carboxylic acids is 1. The molecule has 2 aliphatic carbocycles. The average Bonchev–Trinajstić information content (AvgIpc) is 3.09. The summed E-state index contributed by atoms with van der Waals surface area (Å²) in [5.74, 6) is -0.648. The molecular weight excluding hydrogens is 266 g/mol. The van der Waals surface area contributed by atoms with Crippen molar-refractivity contribution in [3.05, 3.63) is 0 Å². The standard InChI is InChI=1S/C16H29N3O2/c1-15(2)11-19(9-8-18(15)3)13-6-7-16(10-13,14(20)21)17-12-4-5-12/h12-13,17H,4-11H2,1-3H3,(H,20,21). The number of rotatable bonds is 4. The zero-order valence-corrected chi connectivity index (χ0v) is 13.6. The fourth-order valence-corrected chi connectivity index (χ4v) is 3.93. The molecular formula is C16H29N3O2. The Morgan fingerprint density at radius 3 is 2.52 bits per heavy atom. The zero-order chi connectivity index (χ0) is 15.3. The molecule has 2 saturated carbocycles. The summed E-state index contributed by atoms with van der Waals surface area (Å²) in [6.45, 7) is 7.72. The van der Waals surface area contributed by atoms with Crippen LogP contribution in [0.5, 0.6) is 0 Å². The molecule has 3 rings (SSSR count). The van der Waals surface area contributed by atoms with Gasteiger partial charge in [0.1, 0.15) is 5.54 Å². The highest BCUT2D eigenvalue weighted by atomic mass is 16.4. The van der Waals surface area contributed by atoms with E-state index in [1.807, 2.05) is 0 Å². The van der Waals surface area contributed by atoms with Crippen molar-refractivity contribution in [2.24, 2.45) is 0 Å². The Balaban J connectivity index is 1.66. The van der Waals surface area contributed by atoms with E-state index in [2.05, 4.69) is 36.0 Å². The topological polar surface area (TPSA) is 55.8 Å². The predicted octanol–water partition coefficient (Wildman–Crippen LogP) is 1.14. The van der Waals surface area contributed by atoms with Crippen LogP contribution in [0, 0.1) is 0 Å². The lowest BCUT2D eigenvalue weighted by molar-refractivity contribution is -0.145. The minimum atomic E-state index is -0.667. The van der Waals surface area contributed by atoms with E-state index in [-0.39, 0.29) is 5.54 Å². The second-order valence-electron chi connectivity index (χ2n) is 7.91. The molecule has 5 heteroatoms. The lowest BCUT2D eigenvalue weighted by Crippen LogP contribution is -2.60. The predicted molar refractivity (Wildman–Crippen MR) is 82.4 cm³/mol. The maximum Gasteiger partial charge on any atom is 0.323 e. The van der Waals surface area contributed by atoms with Gasteiger partial charge >= 0.3 is 5.97 Å². The lowest BCUT2D eigenvalue weighted by Gasteiger charge is -2.47. The molecule has 0 aromatic heterocycles. The van der Waals surface area contributed by atoms with Gasteiger partial charge in [0.15, 0.2) is 0 Å². The molecule has 1 heterocycles. The summed E-state index contributed by atoms with van der Waals surface area (Å²) in [5.41, 5.74) is -0.490. The van der Waals surface area contributed by atoms with Crippen LogP contribution in [0.2, 0.25) is 0 Å². The quantitative estimate of drug-likeness (QED) is 0.814. The Labute approximate surface area is 127 Å². The third-order valence-electron chi connectivity index (χ3n) is 5.82. The van der Waals surface area contributed by atoms with Crippen molar-refractivity contribution in [3.8, 4) is 0 Å². The van der Waals surface area contributed by atoms with E-state index in [4.69, 9.17) is 0 Å². The highest BCUT2D eigenvalue weighted by Crippen LogP contribution is 2.38. The van der Waals surface area contributed by atoms with E-state index >= 15 is 0 Å². The third-order valence-corrected chi connectivity index (χ3v) is 5.82. The second-order valence-corrected chi connectivity index (χ2v) is 7.91. The van der Waals surface area contributed by atoms with Crippen molar-refractivity contribution in [1.29, 1.82) is 0 Å². The van der Waals surface area contributed by atoms with Crippen molar-refractivity contribution in [2.45, 2.75) is 69.1 Å². The van der Waals surface area contributed by atoms with Crippen LogP contribution in [0.3, 0.4) is 0 Å². The van der Waals surface area contributed by atoms with Gasteiger partial charge in [0.05, 0.1) is 0 Å². The van der Waals surface area contributed by atoms with Gasteiger partial charge in [-0.1, -0.05) is 0 Å². The zero-order valence-electron chi connectivity index (χ0n) is 13.6. The first-order valence-corrected chi connectivity index (χ1v) is 8.29. The number of likely N-dealkylation sites (N-methyl/N-ethyl adjacent to an activating group) is 1. The normalized spacial score (nSPS) is 37.8. The van der Waals surface area contributed by atoms with Gasteiger partial charge in [-0.2, -0.15) is 0 Å². The van der Waals surface area contributed by atoms with E-state index < -0.39 is 11.5 Å². The summed E-state index contributed by atoms with van der Waals surface area (Å²) in [5, 5.41) is 13.1. The molecule has 1 aliphatic heterocycles. The number of hydrogen-bond donors (Lipinski definition) is 2. The van der Waals surface area contributed by atoms with E-state index in [1.54, 1.807) is 0 Å². The molecule has 5 nitrogen and oxygen atoms in total. The number of piperazine rings is 1. The van der Waals surface area contributed by atoms with Crippen molar-refractivity contribution >= 4 is 5.97 Å². The summed E-state index contributed by atoms with van der Waals surface area (Å²) in [6.07, 6.45) is 4.82. The molecule has 2 atom stereocenters. The SMILES string of the molecule is CN1CCN(C2CCC(NC3CC3)(C(=O)O)C2)CC1(C)C. The minimum Gasteiger partial charge on any atom is -0.480 e. The van der Waals surface area contributed by atoms with E-state index in [1.165, 1.54) is 0 Å². The largest absolute Gasteiger partial charge is 0.480 e. The molecule has 0 radical (unpaired) electrons.